The Kier molecular flexibility index (Phi) is 1.54. The first-order valence-corrected chi connectivity index (χ1v) is 3.97. The summed E-state index contributed by atoms with van der Waals surface area (Å²) < 4.78 is 0. The first-order valence-electron chi connectivity index (χ1n) is 3.97. The molecule has 0 aliphatic carbocycles. The minimum atomic E-state index is -0.524. The van der Waals surface area contributed by atoms with Crippen LogP contribution in [-0.4, -0.2) is 28.8 Å². The molecule has 0 atom stereocenters. The second-order valence-electron chi connectivity index (χ2n) is 3.49. The van der Waals surface area contributed by atoms with Crippen molar-refractivity contribution in [2.24, 2.45) is 0 Å². The van der Waals surface area contributed by atoms with Crippen LogP contribution < -0.4 is 4.90 Å². The van der Waals surface area contributed by atoms with Crippen molar-refractivity contribution >= 4 is 5.69 Å². The average Bonchev–Trinajstić information content (AvgIpc) is 2.02. The molecule has 0 spiro atoms. The maximum atomic E-state index is 9.47. The Morgan fingerprint density at radius 2 is 2.42 bits per heavy atom. The Morgan fingerprint density at radius 1 is 1.67 bits per heavy atom. The van der Waals surface area contributed by atoms with Crippen LogP contribution in [0, 0.1) is 6.20 Å². The Hall–Kier alpha value is -1.09. The second kappa shape index (κ2) is 2.45. The van der Waals surface area contributed by atoms with Crippen LogP contribution in [0.2, 0.25) is 0 Å². The van der Waals surface area contributed by atoms with Gasteiger partial charge in [0.25, 0.3) is 0 Å². The maximum Gasteiger partial charge on any atom is 0.114 e. The molecule has 12 heavy (non-hydrogen) atoms. The molecule has 3 nitrogen and oxygen atoms in total. The molecular formula is C9H11N2O. The van der Waals surface area contributed by atoms with Crippen LogP contribution in [-0.2, 0) is 0 Å². The summed E-state index contributed by atoms with van der Waals surface area (Å²) in [5, 5.41) is 9.47. The van der Waals surface area contributed by atoms with Crippen LogP contribution in [0.5, 0.6) is 0 Å². The van der Waals surface area contributed by atoms with Crippen molar-refractivity contribution in [2.75, 3.05) is 18.0 Å². The standard InChI is InChI=1S/C9H11N2O/c1-9(12)6-11(7-9)8-3-2-4-10-5-8/h2-4,12H,6-7H2,1H3. The molecular weight excluding hydrogens is 152 g/mol. The fourth-order valence-corrected chi connectivity index (χ4v) is 1.44. The molecule has 0 amide bonds. The molecule has 0 unspecified atom stereocenters. The Bertz CT molecular complexity index is 263. The van der Waals surface area contributed by atoms with E-state index in [1.807, 2.05) is 24.0 Å². The number of β-amino-alcohol motifs (C(OH)–C–C–N with tert-alkyl or cyclic N) is 1. The van der Waals surface area contributed by atoms with Crippen LogP contribution >= 0.6 is 0 Å². The molecule has 3 heteroatoms. The fraction of sp³-hybridized carbons (Fsp3) is 0.444. The predicted octanol–water partition coefficient (Wildman–Crippen LogP) is 0.453. The lowest BCUT2D eigenvalue weighted by atomic mass is 9.96. The highest BCUT2D eigenvalue weighted by Gasteiger charge is 2.36. The Labute approximate surface area is 71.7 Å². The van der Waals surface area contributed by atoms with Gasteiger partial charge in [-0.3, -0.25) is 4.98 Å². The van der Waals surface area contributed by atoms with E-state index in [-0.39, 0.29) is 0 Å². The maximum absolute atomic E-state index is 9.47. The second-order valence-corrected chi connectivity index (χ2v) is 3.49. The van der Waals surface area contributed by atoms with Gasteiger partial charge in [-0.25, -0.2) is 0 Å². The van der Waals surface area contributed by atoms with Gasteiger partial charge in [0, 0.05) is 19.3 Å². The molecule has 1 aliphatic heterocycles. The van der Waals surface area contributed by atoms with E-state index in [9.17, 15) is 5.11 Å². The van der Waals surface area contributed by atoms with E-state index in [2.05, 4.69) is 11.2 Å². The Morgan fingerprint density at radius 3 is 2.92 bits per heavy atom. The lowest BCUT2D eigenvalue weighted by Gasteiger charge is -2.45. The minimum Gasteiger partial charge on any atom is -0.386 e. The van der Waals surface area contributed by atoms with E-state index in [1.54, 1.807) is 6.20 Å². The SMILES string of the molecule is CC1(O)CN(c2[c]nccc2)C1. The predicted molar refractivity (Wildman–Crippen MR) is 45.9 cm³/mol. The summed E-state index contributed by atoms with van der Waals surface area (Å²) in [6.45, 7) is 3.18. The fourth-order valence-electron chi connectivity index (χ4n) is 1.44. The van der Waals surface area contributed by atoms with Gasteiger partial charge in [0.05, 0.1) is 11.3 Å². The third-order valence-corrected chi connectivity index (χ3v) is 2.00. The van der Waals surface area contributed by atoms with Gasteiger partial charge in [-0.05, 0) is 19.1 Å². The van der Waals surface area contributed by atoms with Crippen molar-refractivity contribution in [2.45, 2.75) is 12.5 Å². The zero-order chi connectivity index (χ0) is 8.60. The summed E-state index contributed by atoms with van der Waals surface area (Å²) in [6, 6.07) is 3.82. The van der Waals surface area contributed by atoms with Gasteiger partial charge in [0.2, 0.25) is 0 Å². The van der Waals surface area contributed by atoms with Gasteiger partial charge in [0.1, 0.15) is 6.20 Å². The van der Waals surface area contributed by atoms with Crippen molar-refractivity contribution in [3.63, 3.8) is 0 Å². The first-order chi connectivity index (χ1) is 5.67. The smallest absolute Gasteiger partial charge is 0.114 e. The number of aliphatic hydroxyl groups is 1. The van der Waals surface area contributed by atoms with Crippen molar-refractivity contribution in [3.05, 3.63) is 24.5 Å². The summed E-state index contributed by atoms with van der Waals surface area (Å²) in [5.41, 5.74) is 0.438. The summed E-state index contributed by atoms with van der Waals surface area (Å²) in [7, 11) is 0. The third-order valence-electron chi connectivity index (χ3n) is 2.00. The van der Waals surface area contributed by atoms with Gasteiger partial charge in [-0.2, -0.15) is 0 Å². The van der Waals surface area contributed by atoms with E-state index in [4.69, 9.17) is 0 Å². The molecule has 1 fully saturated rings. The molecule has 1 radical (unpaired) electrons. The number of hydrogen-bond acceptors (Lipinski definition) is 3. The zero-order valence-electron chi connectivity index (χ0n) is 6.99. The van der Waals surface area contributed by atoms with E-state index in [0.717, 1.165) is 5.69 Å². The van der Waals surface area contributed by atoms with E-state index < -0.39 is 5.60 Å². The third kappa shape index (κ3) is 1.28. The molecule has 1 aromatic heterocycles. The van der Waals surface area contributed by atoms with Crippen molar-refractivity contribution in [1.29, 1.82) is 0 Å². The highest BCUT2D eigenvalue weighted by Crippen LogP contribution is 2.25. The quantitative estimate of drug-likeness (QED) is 0.653. The first kappa shape index (κ1) is 7.55. The van der Waals surface area contributed by atoms with Crippen LogP contribution in [0.15, 0.2) is 18.3 Å². The molecule has 1 saturated heterocycles. The molecule has 1 N–H and O–H groups in total. The molecule has 0 bridgehead atoms. The molecule has 0 saturated carbocycles. The van der Waals surface area contributed by atoms with Crippen molar-refractivity contribution in [1.82, 2.24) is 4.98 Å². The van der Waals surface area contributed by atoms with E-state index in [0.29, 0.717) is 13.1 Å². The molecule has 0 aromatic carbocycles. The highest BCUT2D eigenvalue weighted by molar-refractivity contribution is 5.47. The zero-order valence-corrected chi connectivity index (χ0v) is 6.99. The summed E-state index contributed by atoms with van der Waals surface area (Å²) >= 11 is 0. The lowest BCUT2D eigenvalue weighted by molar-refractivity contribution is 0.0310. The lowest BCUT2D eigenvalue weighted by Crippen LogP contribution is -2.60. The number of hydrogen-bond donors (Lipinski definition) is 1. The van der Waals surface area contributed by atoms with Crippen LogP contribution in [0.3, 0.4) is 0 Å². The van der Waals surface area contributed by atoms with Crippen molar-refractivity contribution < 1.29 is 5.11 Å². The summed E-state index contributed by atoms with van der Waals surface area (Å²) in [5.74, 6) is 0. The summed E-state index contributed by atoms with van der Waals surface area (Å²) in [6.07, 6.45) is 4.57. The number of nitrogens with zero attached hydrogens (tertiary/aromatic N) is 2. The number of anilines is 1. The van der Waals surface area contributed by atoms with Gasteiger partial charge in [-0.15, -0.1) is 0 Å². The van der Waals surface area contributed by atoms with Crippen LogP contribution in [0.1, 0.15) is 6.92 Å². The highest BCUT2D eigenvalue weighted by atomic mass is 16.3. The van der Waals surface area contributed by atoms with Crippen molar-refractivity contribution in [3.8, 4) is 0 Å². The number of rotatable bonds is 1. The normalized spacial score (nSPS) is 20.3. The molecule has 1 aromatic rings. The van der Waals surface area contributed by atoms with Gasteiger partial charge < -0.3 is 10.0 Å². The minimum absolute atomic E-state index is 0.524. The topological polar surface area (TPSA) is 36.4 Å². The van der Waals surface area contributed by atoms with E-state index in [1.165, 1.54) is 0 Å². The largest absolute Gasteiger partial charge is 0.386 e. The van der Waals surface area contributed by atoms with E-state index >= 15 is 0 Å². The average molecular weight is 163 g/mol. The molecule has 2 heterocycles. The van der Waals surface area contributed by atoms with Gasteiger partial charge >= 0.3 is 0 Å². The summed E-state index contributed by atoms with van der Waals surface area (Å²) in [4.78, 5) is 5.94. The van der Waals surface area contributed by atoms with Crippen LogP contribution in [0.25, 0.3) is 0 Å². The molecule has 2 rings (SSSR count). The molecule has 1 aliphatic rings. The van der Waals surface area contributed by atoms with Crippen LogP contribution in [0.4, 0.5) is 5.69 Å². The monoisotopic (exact) mass is 163 g/mol. The van der Waals surface area contributed by atoms with Gasteiger partial charge in [0.15, 0.2) is 0 Å². The number of pyridine rings is 1. The molecule has 63 valence electrons. The number of aromatic nitrogens is 1. The Balaban J connectivity index is 2.06. The van der Waals surface area contributed by atoms with Gasteiger partial charge in [-0.1, -0.05) is 0 Å².